The Bertz CT molecular complexity index is 790. The molecule has 1 heterocycles. The Morgan fingerprint density at radius 1 is 1.12 bits per heavy atom. The van der Waals surface area contributed by atoms with E-state index in [0.29, 0.717) is 18.7 Å². The molecule has 0 bridgehead atoms. The number of hydrogen-bond acceptors (Lipinski definition) is 3. The summed E-state index contributed by atoms with van der Waals surface area (Å²) >= 11 is 0. The van der Waals surface area contributed by atoms with Crippen molar-refractivity contribution in [3.8, 4) is 5.75 Å². The van der Waals surface area contributed by atoms with E-state index in [4.69, 9.17) is 4.74 Å². The van der Waals surface area contributed by atoms with Crippen LogP contribution in [0.1, 0.15) is 24.5 Å². The zero-order chi connectivity index (χ0) is 18.6. The Morgan fingerprint density at radius 2 is 1.81 bits per heavy atom. The summed E-state index contributed by atoms with van der Waals surface area (Å²) < 4.78 is 5.77. The lowest BCUT2D eigenvalue weighted by Crippen LogP contribution is -2.37. The number of aliphatic carboxylic acids is 1. The smallest absolute Gasteiger partial charge is 0.311 e. The number of para-hydroxylation sites is 1. The van der Waals surface area contributed by atoms with Gasteiger partial charge in [-0.05, 0) is 30.5 Å². The van der Waals surface area contributed by atoms with Crippen molar-refractivity contribution in [3.05, 3.63) is 65.7 Å². The van der Waals surface area contributed by atoms with E-state index < -0.39 is 11.4 Å². The number of hydrogen-bond donors (Lipinski definition) is 1. The first kappa shape index (κ1) is 18.0. The number of nitrogens with zero attached hydrogens (tertiary/aromatic N) is 1. The molecule has 26 heavy (non-hydrogen) atoms. The van der Waals surface area contributed by atoms with Gasteiger partial charge in [-0.25, -0.2) is 0 Å². The number of benzene rings is 2. The summed E-state index contributed by atoms with van der Waals surface area (Å²) in [6.45, 7) is 2.28. The number of carboxylic acid groups (broad SMARTS) is 1. The molecule has 2 aromatic rings. The molecule has 1 aliphatic heterocycles. The van der Waals surface area contributed by atoms with E-state index in [1.54, 1.807) is 11.8 Å². The van der Waals surface area contributed by atoms with Crippen LogP contribution in [0.3, 0.4) is 0 Å². The molecule has 1 amide bonds. The van der Waals surface area contributed by atoms with Crippen LogP contribution >= 0.6 is 0 Å². The SMILES string of the molecule is CC1(C(=O)O)CCN(C(=O)COc2ccccc2Cc2ccccc2)C1. The summed E-state index contributed by atoms with van der Waals surface area (Å²) in [6.07, 6.45) is 1.20. The number of rotatable bonds is 6. The minimum atomic E-state index is -0.860. The first-order valence-electron chi connectivity index (χ1n) is 8.74. The Kier molecular flexibility index (Phi) is 5.26. The van der Waals surface area contributed by atoms with E-state index in [1.807, 2.05) is 42.5 Å². The molecule has 0 saturated carbocycles. The Labute approximate surface area is 153 Å². The van der Waals surface area contributed by atoms with Gasteiger partial charge in [0.1, 0.15) is 5.75 Å². The average Bonchev–Trinajstić information content (AvgIpc) is 3.05. The van der Waals surface area contributed by atoms with E-state index in [9.17, 15) is 14.7 Å². The quantitative estimate of drug-likeness (QED) is 0.867. The molecule has 1 N–H and O–H groups in total. The van der Waals surface area contributed by atoms with Gasteiger partial charge >= 0.3 is 5.97 Å². The maximum atomic E-state index is 12.4. The normalized spacial score (nSPS) is 19.3. The third kappa shape index (κ3) is 4.04. The summed E-state index contributed by atoms with van der Waals surface area (Å²) in [5, 5.41) is 9.29. The molecule has 0 radical (unpaired) electrons. The lowest BCUT2D eigenvalue weighted by Gasteiger charge is -2.20. The molecule has 136 valence electrons. The van der Waals surface area contributed by atoms with E-state index in [0.717, 1.165) is 12.0 Å². The van der Waals surface area contributed by atoms with Gasteiger partial charge in [-0.1, -0.05) is 48.5 Å². The third-order valence-electron chi connectivity index (χ3n) is 4.90. The fourth-order valence-electron chi connectivity index (χ4n) is 3.19. The third-order valence-corrected chi connectivity index (χ3v) is 4.90. The van der Waals surface area contributed by atoms with Crippen molar-refractivity contribution in [2.24, 2.45) is 5.41 Å². The second kappa shape index (κ2) is 7.60. The molecule has 5 heteroatoms. The molecule has 5 nitrogen and oxygen atoms in total. The fraction of sp³-hybridized carbons (Fsp3) is 0.333. The van der Waals surface area contributed by atoms with Crippen molar-refractivity contribution in [2.75, 3.05) is 19.7 Å². The number of carbonyl (C=O) groups excluding carboxylic acids is 1. The van der Waals surface area contributed by atoms with Crippen LogP contribution < -0.4 is 4.74 Å². The van der Waals surface area contributed by atoms with E-state index in [-0.39, 0.29) is 19.1 Å². The summed E-state index contributed by atoms with van der Waals surface area (Å²) in [7, 11) is 0. The molecule has 1 atom stereocenters. The van der Waals surface area contributed by atoms with Crippen molar-refractivity contribution in [3.63, 3.8) is 0 Å². The van der Waals surface area contributed by atoms with Gasteiger partial charge in [0.2, 0.25) is 0 Å². The predicted molar refractivity (Wildman–Crippen MR) is 98.1 cm³/mol. The minimum absolute atomic E-state index is 0.0818. The van der Waals surface area contributed by atoms with Crippen LogP contribution in [0.15, 0.2) is 54.6 Å². The first-order valence-corrected chi connectivity index (χ1v) is 8.74. The lowest BCUT2D eigenvalue weighted by molar-refractivity contribution is -0.147. The number of carboxylic acids is 1. The first-order chi connectivity index (χ1) is 12.5. The monoisotopic (exact) mass is 353 g/mol. The summed E-state index contributed by atoms with van der Waals surface area (Å²) in [5.74, 6) is -0.351. The molecule has 1 aliphatic rings. The van der Waals surface area contributed by atoms with Crippen LogP contribution in [-0.2, 0) is 16.0 Å². The standard InChI is InChI=1S/C21H23NO4/c1-21(20(24)25)11-12-22(15-21)19(23)14-26-18-10-6-5-9-17(18)13-16-7-3-2-4-8-16/h2-10H,11-15H2,1H3,(H,24,25). The summed E-state index contributed by atoms with van der Waals surface area (Å²) in [5.41, 5.74) is 1.33. The van der Waals surface area contributed by atoms with Gasteiger partial charge in [-0.2, -0.15) is 0 Å². The van der Waals surface area contributed by atoms with Gasteiger partial charge in [0.25, 0.3) is 5.91 Å². The number of carbonyl (C=O) groups is 2. The summed E-state index contributed by atoms with van der Waals surface area (Å²) in [6, 6.07) is 17.8. The second-order valence-corrected chi connectivity index (χ2v) is 6.99. The van der Waals surface area contributed by atoms with E-state index >= 15 is 0 Å². The molecule has 1 fully saturated rings. The highest BCUT2D eigenvalue weighted by Gasteiger charge is 2.42. The molecule has 1 unspecified atom stereocenters. The van der Waals surface area contributed by atoms with Gasteiger partial charge < -0.3 is 14.7 Å². The Hall–Kier alpha value is -2.82. The van der Waals surface area contributed by atoms with Crippen molar-refractivity contribution in [1.29, 1.82) is 0 Å². The van der Waals surface area contributed by atoms with Crippen molar-refractivity contribution < 1.29 is 19.4 Å². The lowest BCUT2D eigenvalue weighted by atomic mass is 9.90. The number of ether oxygens (including phenoxy) is 1. The zero-order valence-electron chi connectivity index (χ0n) is 14.9. The molecule has 0 aliphatic carbocycles. The van der Waals surface area contributed by atoms with Crippen LogP contribution in [-0.4, -0.2) is 41.6 Å². The molecule has 2 aromatic carbocycles. The van der Waals surface area contributed by atoms with Crippen LogP contribution in [0, 0.1) is 5.41 Å². The zero-order valence-corrected chi connectivity index (χ0v) is 14.9. The van der Waals surface area contributed by atoms with Crippen molar-refractivity contribution in [2.45, 2.75) is 19.8 Å². The molecular weight excluding hydrogens is 330 g/mol. The highest BCUT2D eigenvalue weighted by atomic mass is 16.5. The number of likely N-dealkylation sites (tertiary alicyclic amines) is 1. The van der Waals surface area contributed by atoms with Crippen molar-refractivity contribution in [1.82, 2.24) is 4.90 Å². The van der Waals surface area contributed by atoms with Crippen LogP contribution in [0.2, 0.25) is 0 Å². The van der Waals surface area contributed by atoms with Crippen LogP contribution in [0.4, 0.5) is 0 Å². The average molecular weight is 353 g/mol. The maximum absolute atomic E-state index is 12.4. The fourth-order valence-corrected chi connectivity index (χ4v) is 3.19. The summed E-state index contributed by atoms with van der Waals surface area (Å²) in [4.78, 5) is 25.3. The van der Waals surface area contributed by atoms with Gasteiger partial charge in [0.05, 0.1) is 5.41 Å². The van der Waals surface area contributed by atoms with Gasteiger partial charge in [-0.3, -0.25) is 9.59 Å². The maximum Gasteiger partial charge on any atom is 0.311 e. The largest absolute Gasteiger partial charge is 0.483 e. The van der Waals surface area contributed by atoms with Gasteiger partial charge in [0.15, 0.2) is 6.61 Å². The molecule has 1 saturated heterocycles. The molecule has 0 spiro atoms. The molecule has 0 aromatic heterocycles. The highest BCUT2D eigenvalue weighted by molar-refractivity contribution is 5.81. The second-order valence-electron chi connectivity index (χ2n) is 6.99. The van der Waals surface area contributed by atoms with Gasteiger partial charge in [-0.15, -0.1) is 0 Å². The van der Waals surface area contributed by atoms with E-state index in [1.165, 1.54) is 5.56 Å². The predicted octanol–water partition coefficient (Wildman–Crippen LogP) is 2.98. The van der Waals surface area contributed by atoms with E-state index in [2.05, 4.69) is 12.1 Å². The van der Waals surface area contributed by atoms with Crippen LogP contribution in [0.25, 0.3) is 0 Å². The highest BCUT2D eigenvalue weighted by Crippen LogP contribution is 2.30. The topological polar surface area (TPSA) is 66.8 Å². The number of amides is 1. The molecule has 3 rings (SSSR count). The van der Waals surface area contributed by atoms with Crippen molar-refractivity contribution >= 4 is 11.9 Å². The minimum Gasteiger partial charge on any atom is -0.483 e. The molecular formula is C21H23NO4. The Balaban J connectivity index is 1.62. The van der Waals surface area contributed by atoms with Gasteiger partial charge in [0, 0.05) is 19.5 Å². The Morgan fingerprint density at radius 3 is 2.50 bits per heavy atom. The van der Waals surface area contributed by atoms with Crippen LogP contribution in [0.5, 0.6) is 5.75 Å².